The molecule has 0 saturated carbocycles. The van der Waals surface area contributed by atoms with Crippen LogP contribution in [0.25, 0.3) is 0 Å². The average Bonchev–Trinajstić information content (AvgIpc) is 2.82. The standard InChI is InChI=1S/C14H15Br2N5OS/c1-3-4-21-13(17)19-20-14(21)23-7-11(22)18-12-9(15)5-8(2)6-10(12)16/h3,5-6H,1,4,7H2,2H3,(H2,17,19)(H,18,22). The van der Waals surface area contributed by atoms with Gasteiger partial charge in [0.2, 0.25) is 11.9 Å². The number of carbonyl (C=O) groups is 1. The van der Waals surface area contributed by atoms with Crippen molar-refractivity contribution < 1.29 is 4.79 Å². The Morgan fingerprint density at radius 3 is 2.70 bits per heavy atom. The fourth-order valence-corrected chi connectivity index (χ4v) is 4.20. The summed E-state index contributed by atoms with van der Waals surface area (Å²) in [7, 11) is 0. The van der Waals surface area contributed by atoms with E-state index in [1.807, 2.05) is 19.1 Å². The van der Waals surface area contributed by atoms with Crippen LogP contribution in [0, 0.1) is 6.92 Å². The molecule has 2 rings (SSSR count). The number of nitrogen functional groups attached to an aromatic ring is 1. The largest absolute Gasteiger partial charge is 0.368 e. The Labute approximate surface area is 155 Å². The molecule has 0 fully saturated rings. The minimum atomic E-state index is -0.146. The van der Waals surface area contributed by atoms with Crippen LogP contribution in [-0.4, -0.2) is 26.4 Å². The molecular weight excluding hydrogens is 446 g/mol. The van der Waals surface area contributed by atoms with Gasteiger partial charge in [0.1, 0.15) is 0 Å². The van der Waals surface area contributed by atoms with Gasteiger partial charge in [-0.3, -0.25) is 9.36 Å². The first-order valence-corrected chi connectivity index (χ1v) is 9.17. The van der Waals surface area contributed by atoms with Crippen molar-refractivity contribution in [3.63, 3.8) is 0 Å². The summed E-state index contributed by atoms with van der Waals surface area (Å²) in [6, 6.07) is 3.88. The molecule has 0 unspecified atom stereocenters. The number of rotatable bonds is 6. The molecule has 0 radical (unpaired) electrons. The van der Waals surface area contributed by atoms with E-state index in [2.05, 4.69) is 54.0 Å². The van der Waals surface area contributed by atoms with Crippen LogP contribution in [-0.2, 0) is 11.3 Å². The molecule has 1 heterocycles. The number of nitrogens with two attached hydrogens (primary N) is 1. The quantitative estimate of drug-likeness (QED) is 0.508. The van der Waals surface area contributed by atoms with Crippen LogP contribution in [0.15, 0.2) is 38.9 Å². The number of allylic oxidation sites excluding steroid dienone is 1. The zero-order valence-corrected chi connectivity index (χ0v) is 16.3. The van der Waals surface area contributed by atoms with Gasteiger partial charge in [-0.05, 0) is 56.5 Å². The predicted molar refractivity (Wildman–Crippen MR) is 101 cm³/mol. The second-order valence-corrected chi connectivity index (χ2v) is 7.33. The monoisotopic (exact) mass is 459 g/mol. The fourth-order valence-electron chi connectivity index (χ4n) is 1.83. The van der Waals surface area contributed by atoms with Gasteiger partial charge in [-0.15, -0.1) is 16.8 Å². The van der Waals surface area contributed by atoms with E-state index in [4.69, 9.17) is 5.73 Å². The molecule has 0 spiro atoms. The Morgan fingerprint density at radius 1 is 1.43 bits per heavy atom. The molecule has 6 nitrogen and oxygen atoms in total. The number of nitrogens with zero attached hydrogens (tertiary/aromatic N) is 3. The lowest BCUT2D eigenvalue weighted by Gasteiger charge is -2.11. The van der Waals surface area contributed by atoms with Crippen LogP contribution in [0.3, 0.4) is 0 Å². The molecule has 1 amide bonds. The van der Waals surface area contributed by atoms with Gasteiger partial charge in [-0.25, -0.2) is 0 Å². The summed E-state index contributed by atoms with van der Waals surface area (Å²) >= 11 is 8.17. The summed E-state index contributed by atoms with van der Waals surface area (Å²) in [6.07, 6.45) is 1.70. The molecule has 0 aliphatic carbocycles. The number of benzene rings is 1. The van der Waals surface area contributed by atoms with Crippen molar-refractivity contribution in [1.29, 1.82) is 0 Å². The van der Waals surface area contributed by atoms with Gasteiger partial charge in [-0.2, -0.15) is 0 Å². The van der Waals surface area contributed by atoms with Crippen molar-refractivity contribution in [3.8, 4) is 0 Å². The first kappa shape index (κ1) is 18.0. The molecule has 1 aromatic carbocycles. The molecule has 0 atom stereocenters. The summed E-state index contributed by atoms with van der Waals surface area (Å²) < 4.78 is 3.34. The molecule has 0 aliphatic heterocycles. The van der Waals surface area contributed by atoms with E-state index in [0.717, 1.165) is 14.5 Å². The summed E-state index contributed by atoms with van der Waals surface area (Å²) in [5, 5.41) is 11.2. The van der Waals surface area contributed by atoms with E-state index in [-0.39, 0.29) is 11.7 Å². The van der Waals surface area contributed by atoms with Crippen molar-refractivity contribution in [2.45, 2.75) is 18.6 Å². The highest BCUT2D eigenvalue weighted by atomic mass is 79.9. The summed E-state index contributed by atoms with van der Waals surface area (Å²) in [5.74, 6) is 0.353. The van der Waals surface area contributed by atoms with Gasteiger partial charge in [0, 0.05) is 15.5 Å². The second kappa shape index (κ2) is 7.98. The van der Waals surface area contributed by atoms with Gasteiger partial charge in [0.25, 0.3) is 0 Å². The molecule has 3 N–H and O–H groups in total. The van der Waals surface area contributed by atoms with Crippen molar-refractivity contribution >= 4 is 61.2 Å². The third-order valence-corrected chi connectivity index (χ3v) is 5.06. The predicted octanol–water partition coefficient (Wildman–Crippen LogP) is 3.61. The maximum absolute atomic E-state index is 12.2. The lowest BCUT2D eigenvalue weighted by atomic mass is 10.2. The number of halogens is 2. The summed E-state index contributed by atoms with van der Waals surface area (Å²) in [6.45, 7) is 6.14. The minimum Gasteiger partial charge on any atom is -0.368 e. The topological polar surface area (TPSA) is 85.8 Å². The molecule has 1 aromatic heterocycles. The van der Waals surface area contributed by atoms with E-state index >= 15 is 0 Å². The van der Waals surface area contributed by atoms with Crippen LogP contribution >= 0.6 is 43.6 Å². The SMILES string of the molecule is C=CCn1c(N)nnc1SCC(=O)Nc1c(Br)cc(C)cc1Br. The van der Waals surface area contributed by atoms with Gasteiger partial charge in [-0.1, -0.05) is 17.8 Å². The zero-order chi connectivity index (χ0) is 17.0. The second-order valence-electron chi connectivity index (χ2n) is 4.68. The Hall–Kier alpha value is -1.32. The minimum absolute atomic E-state index is 0.146. The fraction of sp³-hybridized carbons (Fsp3) is 0.214. The van der Waals surface area contributed by atoms with Crippen molar-refractivity contribution in [2.24, 2.45) is 0 Å². The van der Waals surface area contributed by atoms with Gasteiger partial charge >= 0.3 is 0 Å². The molecule has 0 saturated heterocycles. The highest BCUT2D eigenvalue weighted by Crippen LogP contribution is 2.32. The van der Waals surface area contributed by atoms with Crippen LogP contribution in [0.5, 0.6) is 0 Å². The number of amides is 1. The number of hydrogen-bond acceptors (Lipinski definition) is 5. The molecule has 2 aromatic rings. The highest BCUT2D eigenvalue weighted by molar-refractivity contribution is 9.11. The van der Waals surface area contributed by atoms with Crippen LogP contribution in [0.1, 0.15) is 5.56 Å². The third kappa shape index (κ3) is 4.58. The van der Waals surface area contributed by atoms with Crippen molar-refractivity contribution in [2.75, 3.05) is 16.8 Å². The summed E-state index contributed by atoms with van der Waals surface area (Å²) in [5.41, 5.74) is 7.52. The maximum atomic E-state index is 12.2. The number of aromatic nitrogens is 3. The zero-order valence-electron chi connectivity index (χ0n) is 12.3. The Morgan fingerprint density at radius 2 is 2.09 bits per heavy atom. The van der Waals surface area contributed by atoms with E-state index in [0.29, 0.717) is 23.3 Å². The lowest BCUT2D eigenvalue weighted by molar-refractivity contribution is -0.113. The first-order chi connectivity index (χ1) is 10.9. The Kier molecular flexibility index (Phi) is 6.25. The highest BCUT2D eigenvalue weighted by Gasteiger charge is 2.14. The Balaban J connectivity index is 2.03. The van der Waals surface area contributed by atoms with E-state index in [9.17, 15) is 4.79 Å². The molecular formula is C14H15Br2N5OS. The summed E-state index contributed by atoms with van der Waals surface area (Å²) in [4.78, 5) is 12.2. The lowest BCUT2D eigenvalue weighted by Crippen LogP contribution is -2.15. The van der Waals surface area contributed by atoms with Crippen molar-refractivity contribution in [3.05, 3.63) is 39.3 Å². The average molecular weight is 461 g/mol. The third-order valence-electron chi connectivity index (χ3n) is 2.84. The molecule has 0 aliphatic rings. The maximum Gasteiger partial charge on any atom is 0.234 e. The van der Waals surface area contributed by atoms with Crippen LogP contribution in [0.4, 0.5) is 11.6 Å². The number of carbonyl (C=O) groups excluding carboxylic acids is 1. The number of aryl methyl sites for hydroxylation is 1. The van der Waals surface area contributed by atoms with E-state index in [1.165, 1.54) is 11.8 Å². The molecule has 0 bridgehead atoms. The van der Waals surface area contributed by atoms with Crippen LogP contribution < -0.4 is 11.1 Å². The van der Waals surface area contributed by atoms with E-state index in [1.54, 1.807) is 10.6 Å². The van der Waals surface area contributed by atoms with Crippen LogP contribution in [0.2, 0.25) is 0 Å². The molecule has 122 valence electrons. The number of thioether (sulfide) groups is 1. The molecule has 9 heteroatoms. The van der Waals surface area contributed by atoms with Gasteiger partial charge in [0.15, 0.2) is 5.16 Å². The smallest absolute Gasteiger partial charge is 0.234 e. The Bertz CT molecular complexity index is 724. The number of nitrogens with one attached hydrogen (secondary N) is 1. The first-order valence-electron chi connectivity index (χ1n) is 6.60. The van der Waals surface area contributed by atoms with Crippen molar-refractivity contribution in [1.82, 2.24) is 14.8 Å². The normalized spacial score (nSPS) is 10.6. The van der Waals surface area contributed by atoms with Gasteiger partial charge in [0.05, 0.1) is 11.4 Å². The molecule has 23 heavy (non-hydrogen) atoms. The number of hydrogen-bond donors (Lipinski definition) is 2. The van der Waals surface area contributed by atoms with E-state index < -0.39 is 0 Å². The number of anilines is 2. The van der Waals surface area contributed by atoms with Gasteiger partial charge < -0.3 is 11.1 Å².